The summed E-state index contributed by atoms with van der Waals surface area (Å²) >= 11 is 5.10. The number of carbonyl (C=O) groups excluding carboxylic acids is 1. The van der Waals surface area contributed by atoms with Crippen molar-refractivity contribution in [2.45, 2.75) is 6.04 Å². The lowest BCUT2D eigenvalue weighted by Crippen LogP contribution is -2.37. The SMILES string of the molecule is COc1cc(NC(=O)C2CSCN2)ccc1Br. The summed E-state index contributed by atoms with van der Waals surface area (Å²) in [5.74, 6) is 2.36. The zero-order valence-electron chi connectivity index (χ0n) is 9.33. The Labute approximate surface area is 113 Å². The van der Waals surface area contributed by atoms with Crippen LogP contribution in [0.2, 0.25) is 0 Å². The van der Waals surface area contributed by atoms with E-state index in [1.54, 1.807) is 24.9 Å². The van der Waals surface area contributed by atoms with E-state index in [0.717, 1.165) is 21.8 Å². The van der Waals surface area contributed by atoms with Crippen LogP contribution in [0.1, 0.15) is 0 Å². The summed E-state index contributed by atoms with van der Waals surface area (Å²) in [4.78, 5) is 11.9. The quantitative estimate of drug-likeness (QED) is 0.896. The van der Waals surface area contributed by atoms with Crippen LogP contribution in [-0.2, 0) is 4.79 Å². The van der Waals surface area contributed by atoms with E-state index < -0.39 is 0 Å². The number of ether oxygens (including phenoxy) is 1. The maximum atomic E-state index is 11.9. The molecule has 1 aliphatic heterocycles. The summed E-state index contributed by atoms with van der Waals surface area (Å²) in [6.45, 7) is 0. The molecule has 1 heterocycles. The first kappa shape index (κ1) is 12.7. The van der Waals surface area contributed by atoms with Gasteiger partial charge in [0.15, 0.2) is 0 Å². The molecular weight excluding hydrogens is 304 g/mol. The average Bonchev–Trinajstić information content (AvgIpc) is 2.85. The van der Waals surface area contributed by atoms with E-state index >= 15 is 0 Å². The Morgan fingerprint density at radius 3 is 3.12 bits per heavy atom. The van der Waals surface area contributed by atoms with Gasteiger partial charge in [0.05, 0.1) is 17.6 Å². The van der Waals surface area contributed by atoms with Crippen LogP contribution in [0.4, 0.5) is 5.69 Å². The van der Waals surface area contributed by atoms with Gasteiger partial charge >= 0.3 is 0 Å². The van der Waals surface area contributed by atoms with Crippen LogP contribution in [0.25, 0.3) is 0 Å². The Morgan fingerprint density at radius 1 is 1.65 bits per heavy atom. The number of amides is 1. The molecule has 0 radical (unpaired) electrons. The Morgan fingerprint density at radius 2 is 2.47 bits per heavy atom. The monoisotopic (exact) mass is 316 g/mol. The lowest BCUT2D eigenvalue weighted by atomic mass is 10.2. The number of halogens is 1. The van der Waals surface area contributed by atoms with Gasteiger partial charge in [0, 0.05) is 23.4 Å². The predicted octanol–water partition coefficient (Wildman–Crippen LogP) is 2.06. The lowest BCUT2D eigenvalue weighted by Gasteiger charge is -2.11. The standard InChI is InChI=1S/C11H13BrN2O2S/c1-16-10-4-7(2-3-8(10)12)14-11(15)9-5-17-6-13-9/h2-4,9,13H,5-6H2,1H3,(H,14,15). The van der Waals surface area contributed by atoms with E-state index in [1.165, 1.54) is 0 Å². The molecule has 2 rings (SSSR count). The minimum absolute atomic E-state index is 0.000578. The Bertz CT molecular complexity index is 422. The first-order valence-corrected chi connectivity index (χ1v) is 7.11. The normalized spacial score (nSPS) is 19.1. The molecule has 1 aromatic rings. The van der Waals surface area contributed by atoms with Crippen LogP contribution < -0.4 is 15.4 Å². The predicted molar refractivity (Wildman–Crippen MR) is 73.6 cm³/mol. The van der Waals surface area contributed by atoms with Crippen molar-refractivity contribution in [2.24, 2.45) is 0 Å². The summed E-state index contributed by atoms with van der Waals surface area (Å²) in [7, 11) is 1.60. The molecule has 1 unspecified atom stereocenters. The summed E-state index contributed by atoms with van der Waals surface area (Å²) in [5, 5.41) is 6.00. The van der Waals surface area contributed by atoms with Crippen LogP contribution in [0.5, 0.6) is 5.75 Å². The highest BCUT2D eigenvalue weighted by Gasteiger charge is 2.22. The number of benzene rings is 1. The first-order chi connectivity index (χ1) is 8.20. The summed E-state index contributed by atoms with van der Waals surface area (Å²) in [5.41, 5.74) is 0.744. The summed E-state index contributed by atoms with van der Waals surface area (Å²) < 4.78 is 6.04. The van der Waals surface area contributed by atoms with Crippen LogP contribution in [0.15, 0.2) is 22.7 Å². The van der Waals surface area contributed by atoms with Gasteiger partial charge in [0.1, 0.15) is 5.75 Å². The van der Waals surface area contributed by atoms with E-state index in [2.05, 4.69) is 26.6 Å². The van der Waals surface area contributed by atoms with Gasteiger partial charge in [0.25, 0.3) is 0 Å². The molecule has 0 saturated carbocycles. The first-order valence-electron chi connectivity index (χ1n) is 5.16. The highest BCUT2D eigenvalue weighted by molar-refractivity contribution is 9.10. The summed E-state index contributed by atoms with van der Waals surface area (Å²) in [6, 6.07) is 5.39. The van der Waals surface area contributed by atoms with Crippen molar-refractivity contribution < 1.29 is 9.53 Å². The van der Waals surface area contributed by atoms with Gasteiger partial charge in [-0.3, -0.25) is 10.1 Å². The minimum Gasteiger partial charge on any atom is -0.495 e. The fraction of sp³-hybridized carbons (Fsp3) is 0.364. The van der Waals surface area contributed by atoms with Gasteiger partial charge in [-0.05, 0) is 28.1 Å². The molecule has 1 amide bonds. The number of hydrogen-bond acceptors (Lipinski definition) is 4. The third-order valence-corrected chi connectivity index (χ3v) is 4.05. The molecule has 17 heavy (non-hydrogen) atoms. The molecule has 4 nitrogen and oxygen atoms in total. The van der Waals surface area contributed by atoms with Gasteiger partial charge in [-0.25, -0.2) is 0 Å². The van der Waals surface area contributed by atoms with Gasteiger partial charge < -0.3 is 10.1 Å². The van der Waals surface area contributed by atoms with Gasteiger partial charge in [-0.15, -0.1) is 11.8 Å². The second-order valence-electron chi connectivity index (χ2n) is 3.61. The van der Waals surface area contributed by atoms with Crippen molar-refractivity contribution in [2.75, 3.05) is 24.1 Å². The number of anilines is 1. The van der Waals surface area contributed by atoms with E-state index in [4.69, 9.17) is 4.74 Å². The molecule has 6 heteroatoms. The van der Waals surface area contributed by atoms with Gasteiger partial charge in [-0.1, -0.05) is 0 Å². The van der Waals surface area contributed by atoms with E-state index in [-0.39, 0.29) is 11.9 Å². The highest BCUT2D eigenvalue weighted by atomic mass is 79.9. The molecule has 0 aliphatic carbocycles. The molecule has 1 aromatic carbocycles. The molecule has 1 saturated heterocycles. The van der Waals surface area contributed by atoms with Crippen molar-refractivity contribution in [1.82, 2.24) is 5.32 Å². The number of methoxy groups -OCH3 is 1. The number of nitrogens with one attached hydrogen (secondary N) is 2. The fourth-order valence-corrected chi connectivity index (χ4v) is 2.88. The number of thioether (sulfide) groups is 1. The van der Waals surface area contributed by atoms with E-state index in [9.17, 15) is 4.79 Å². The molecule has 0 bridgehead atoms. The smallest absolute Gasteiger partial charge is 0.242 e. The van der Waals surface area contributed by atoms with E-state index in [1.807, 2.05) is 12.1 Å². The van der Waals surface area contributed by atoms with Crippen LogP contribution in [0, 0.1) is 0 Å². The Balaban J connectivity index is 2.05. The van der Waals surface area contributed by atoms with Crippen LogP contribution >= 0.6 is 27.7 Å². The van der Waals surface area contributed by atoms with Crippen LogP contribution in [-0.4, -0.2) is 30.7 Å². The van der Waals surface area contributed by atoms with Crippen molar-refractivity contribution >= 4 is 39.3 Å². The largest absolute Gasteiger partial charge is 0.495 e. The molecule has 0 spiro atoms. The summed E-state index contributed by atoms with van der Waals surface area (Å²) in [6.07, 6.45) is 0. The molecular formula is C11H13BrN2O2S. The van der Waals surface area contributed by atoms with Gasteiger partial charge in [0.2, 0.25) is 5.91 Å². The molecule has 1 aliphatic rings. The third kappa shape index (κ3) is 3.14. The van der Waals surface area contributed by atoms with Crippen molar-refractivity contribution in [3.8, 4) is 5.75 Å². The van der Waals surface area contributed by atoms with Crippen molar-refractivity contribution in [3.05, 3.63) is 22.7 Å². The molecule has 92 valence electrons. The topological polar surface area (TPSA) is 50.4 Å². The lowest BCUT2D eigenvalue weighted by molar-refractivity contribution is -0.117. The molecule has 2 N–H and O–H groups in total. The number of hydrogen-bond donors (Lipinski definition) is 2. The molecule has 1 fully saturated rings. The zero-order chi connectivity index (χ0) is 12.3. The number of rotatable bonds is 3. The van der Waals surface area contributed by atoms with Crippen molar-refractivity contribution in [1.29, 1.82) is 0 Å². The molecule has 1 atom stereocenters. The Hall–Kier alpha value is -0.720. The fourth-order valence-electron chi connectivity index (χ4n) is 1.53. The van der Waals surface area contributed by atoms with E-state index in [0.29, 0.717) is 5.75 Å². The maximum absolute atomic E-state index is 11.9. The highest BCUT2D eigenvalue weighted by Crippen LogP contribution is 2.28. The van der Waals surface area contributed by atoms with Crippen molar-refractivity contribution in [3.63, 3.8) is 0 Å². The third-order valence-electron chi connectivity index (χ3n) is 2.45. The molecule has 0 aromatic heterocycles. The van der Waals surface area contributed by atoms with Crippen LogP contribution in [0.3, 0.4) is 0 Å². The van der Waals surface area contributed by atoms with Gasteiger partial charge in [-0.2, -0.15) is 0 Å². The maximum Gasteiger partial charge on any atom is 0.242 e. The second-order valence-corrected chi connectivity index (χ2v) is 5.50. The Kier molecular flexibility index (Phi) is 4.31. The zero-order valence-corrected chi connectivity index (χ0v) is 11.7. The minimum atomic E-state index is -0.102. The number of carbonyl (C=O) groups is 1. The second kappa shape index (κ2) is 5.75. The average molecular weight is 317 g/mol.